The maximum atomic E-state index is 12.4. The molecule has 0 radical (unpaired) electrons. The van der Waals surface area contributed by atoms with E-state index in [1.807, 2.05) is 0 Å². The number of nitrogens with one attached hydrogen (secondary N) is 1. The third-order valence-corrected chi connectivity index (χ3v) is 5.69. The fraction of sp³-hybridized carbons (Fsp3) is 0.0769. The lowest BCUT2D eigenvalue weighted by Crippen LogP contribution is -2.14. The number of aryl methyl sites for hydroxylation is 1. The van der Waals surface area contributed by atoms with Crippen LogP contribution in [-0.2, 0) is 10.0 Å². The molecule has 1 N–H and O–H groups in total. The van der Waals surface area contributed by atoms with Gasteiger partial charge in [-0.15, -0.1) is 0 Å². The van der Waals surface area contributed by atoms with E-state index in [0.29, 0.717) is 15.2 Å². The van der Waals surface area contributed by atoms with Gasteiger partial charge < -0.3 is 0 Å². The van der Waals surface area contributed by atoms with Gasteiger partial charge in [0.1, 0.15) is 4.90 Å². The van der Waals surface area contributed by atoms with Crippen molar-refractivity contribution in [1.29, 1.82) is 0 Å². The van der Waals surface area contributed by atoms with E-state index in [9.17, 15) is 8.42 Å². The first-order chi connectivity index (χ1) is 9.29. The first-order valence-electron chi connectivity index (χ1n) is 5.53. The summed E-state index contributed by atoms with van der Waals surface area (Å²) < 4.78 is 28.6. The molecule has 0 aliphatic carbocycles. The SMILES string of the molecule is Cc1cc(Cl)ccc1NS(=O)(=O)c1ccc(Br)cc1Br. The molecular weight excluding hydrogens is 429 g/mol. The molecule has 2 rings (SSSR count). The van der Waals surface area contributed by atoms with Crippen LogP contribution < -0.4 is 4.72 Å². The first-order valence-corrected chi connectivity index (χ1v) is 8.98. The summed E-state index contributed by atoms with van der Waals surface area (Å²) >= 11 is 12.4. The second-order valence-electron chi connectivity index (χ2n) is 4.14. The van der Waals surface area contributed by atoms with Gasteiger partial charge in [-0.3, -0.25) is 4.72 Å². The van der Waals surface area contributed by atoms with E-state index < -0.39 is 10.0 Å². The van der Waals surface area contributed by atoms with Gasteiger partial charge in [-0.05, 0) is 64.8 Å². The predicted octanol–water partition coefficient (Wildman–Crippen LogP) is 4.97. The molecule has 0 saturated heterocycles. The Hall–Kier alpha value is -0.560. The Morgan fingerprint density at radius 3 is 2.40 bits per heavy atom. The van der Waals surface area contributed by atoms with E-state index in [1.54, 1.807) is 37.3 Å². The maximum absolute atomic E-state index is 12.4. The van der Waals surface area contributed by atoms with E-state index in [1.165, 1.54) is 6.07 Å². The fourth-order valence-corrected chi connectivity index (χ4v) is 4.74. The summed E-state index contributed by atoms with van der Waals surface area (Å²) in [7, 11) is -3.66. The van der Waals surface area contributed by atoms with Crippen LogP contribution in [0, 0.1) is 6.92 Å². The normalized spacial score (nSPS) is 11.4. The van der Waals surface area contributed by atoms with Gasteiger partial charge in [0.2, 0.25) is 0 Å². The van der Waals surface area contributed by atoms with Gasteiger partial charge in [0.05, 0.1) is 5.69 Å². The van der Waals surface area contributed by atoms with Crippen LogP contribution in [-0.4, -0.2) is 8.42 Å². The van der Waals surface area contributed by atoms with E-state index >= 15 is 0 Å². The van der Waals surface area contributed by atoms with Gasteiger partial charge in [-0.1, -0.05) is 27.5 Å². The van der Waals surface area contributed by atoms with Gasteiger partial charge in [-0.2, -0.15) is 0 Å². The van der Waals surface area contributed by atoms with Crippen LogP contribution in [0.2, 0.25) is 5.02 Å². The first kappa shape index (κ1) is 15.8. The number of rotatable bonds is 3. The molecule has 0 amide bonds. The molecule has 0 atom stereocenters. The Morgan fingerprint density at radius 1 is 1.10 bits per heavy atom. The average Bonchev–Trinajstić information content (AvgIpc) is 2.32. The zero-order valence-corrected chi connectivity index (χ0v) is 15.1. The second-order valence-corrected chi connectivity index (χ2v) is 8.00. The Labute approximate surface area is 139 Å². The maximum Gasteiger partial charge on any atom is 0.263 e. The summed E-state index contributed by atoms with van der Waals surface area (Å²) in [6.45, 7) is 1.79. The molecule has 0 aromatic heterocycles. The predicted molar refractivity (Wildman–Crippen MR) is 88.8 cm³/mol. The highest BCUT2D eigenvalue weighted by atomic mass is 79.9. The van der Waals surface area contributed by atoms with Crippen LogP contribution in [0.4, 0.5) is 5.69 Å². The third-order valence-electron chi connectivity index (χ3n) is 2.62. The Kier molecular flexibility index (Phi) is 4.79. The van der Waals surface area contributed by atoms with Crippen LogP contribution in [0.5, 0.6) is 0 Å². The van der Waals surface area contributed by atoms with Crippen LogP contribution in [0.3, 0.4) is 0 Å². The van der Waals surface area contributed by atoms with E-state index in [0.717, 1.165) is 10.0 Å². The molecule has 0 saturated carbocycles. The number of anilines is 1. The van der Waals surface area contributed by atoms with E-state index in [4.69, 9.17) is 11.6 Å². The molecule has 0 fully saturated rings. The number of hydrogen-bond acceptors (Lipinski definition) is 2. The second kappa shape index (κ2) is 6.05. The molecule has 0 unspecified atom stereocenters. The molecule has 2 aromatic rings. The topological polar surface area (TPSA) is 46.2 Å². The van der Waals surface area contributed by atoms with Gasteiger partial charge >= 0.3 is 0 Å². The van der Waals surface area contributed by atoms with Crippen molar-refractivity contribution in [3.05, 3.63) is 55.9 Å². The largest absolute Gasteiger partial charge is 0.279 e. The molecule has 0 bridgehead atoms. The Balaban J connectivity index is 2.41. The summed E-state index contributed by atoms with van der Waals surface area (Å²) in [5, 5.41) is 0.565. The molecule has 0 aliphatic rings. The van der Waals surface area contributed by atoms with Crippen molar-refractivity contribution in [3.63, 3.8) is 0 Å². The van der Waals surface area contributed by atoms with Gasteiger partial charge in [0.25, 0.3) is 10.0 Å². The van der Waals surface area contributed by atoms with E-state index in [-0.39, 0.29) is 4.90 Å². The van der Waals surface area contributed by atoms with E-state index in [2.05, 4.69) is 36.6 Å². The average molecular weight is 440 g/mol. The summed E-state index contributed by atoms with van der Waals surface area (Å²) in [5.41, 5.74) is 1.26. The fourth-order valence-electron chi connectivity index (χ4n) is 1.63. The molecule has 0 spiro atoms. The van der Waals surface area contributed by atoms with Crippen molar-refractivity contribution in [3.8, 4) is 0 Å². The highest BCUT2D eigenvalue weighted by molar-refractivity contribution is 9.11. The van der Waals surface area contributed by atoms with Crippen LogP contribution >= 0.6 is 43.5 Å². The molecule has 0 heterocycles. The Morgan fingerprint density at radius 2 is 1.80 bits per heavy atom. The van der Waals surface area contributed by atoms with Crippen LogP contribution in [0.1, 0.15) is 5.56 Å². The summed E-state index contributed by atoms with van der Waals surface area (Å²) in [4.78, 5) is 0.176. The number of benzene rings is 2. The highest BCUT2D eigenvalue weighted by Gasteiger charge is 2.18. The van der Waals surface area contributed by atoms with Crippen LogP contribution in [0.15, 0.2) is 50.2 Å². The standard InChI is InChI=1S/C13H10Br2ClNO2S/c1-8-6-10(16)3-4-12(8)17-20(18,19)13-5-2-9(14)7-11(13)15/h2-7,17H,1H3. The van der Waals surface area contributed by atoms with Crippen molar-refractivity contribution < 1.29 is 8.42 Å². The summed E-state index contributed by atoms with van der Waals surface area (Å²) in [6, 6.07) is 9.88. The lowest BCUT2D eigenvalue weighted by Gasteiger charge is -2.12. The zero-order chi connectivity index (χ0) is 14.9. The minimum Gasteiger partial charge on any atom is -0.279 e. The lowest BCUT2D eigenvalue weighted by molar-refractivity contribution is 0.600. The van der Waals surface area contributed by atoms with Crippen molar-refractivity contribution in [2.45, 2.75) is 11.8 Å². The smallest absolute Gasteiger partial charge is 0.263 e. The molecule has 3 nitrogen and oxygen atoms in total. The number of hydrogen-bond donors (Lipinski definition) is 1. The Bertz CT molecular complexity index is 763. The zero-order valence-electron chi connectivity index (χ0n) is 10.3. The van der Waals surface area contributed by atoms with Crippen molar-refractivity contribution in [1.82, 2.24) is 0 Å². The third kappa shape index (κ3) is 3.55. The van der Waals surface area contributed by atoms with Crippen molar-refractivity contribution >= 4 is 59.2 Å². The summed E-state index contributed by atoms with van der Waals surface area (Å²) in [6.07, 6.45) is 0. The molecule has 20 heavy (non-hydrogen) atoms. The lowest BCUT2D eigenvalue weighted by atomic mass is 10.2. The van der Waals surface area contributed by atoms with Crippen LogP contribution in [0.25, 0.3) is 0 Å². The molecule has 7 heteroatoms. The molecule has 2 aromatic carbocycles. The van der Waals surface area contributed by atoms with Gasteiger partial charge in [0, 0.05) is 14.0 Å². The van der Waals surface area contributed by atoms with Gasteiger partial charge in [0.15, 0.2) is 0 Å². The monoisotopic (exact) mass is 437 g/mol. The molecule has 106 valence electrons. The van der Waals surface area contributed by atoms with Gasteiger partial charge in [-0.25, -0.2) is 8.42 Å². The molecular formula is C13H10Br2ClNO2S. The van der Waals surface area contributed by atoms with Crippen molar-refractivity contribution in [2.24, 2.45) is 0 Å². The number of sulfonamides is 1. The summed E-state index contributed by atoms with van der Waals surface area (Å²) in [5.74, 6) is 0. The quantitative estimate of drug-likeness (QED) is 0.734. The highest BCUT2D eigenvalue weighted by Crippen LogP contribution is 2.28. The number of halogens is 3. The minimum atomic E-state index is -3.66. The van der Waals surface area contributed by atoms with Crippen molar-refractivity contribution in [2.75, 3.05) is 4.72 Å². The minimum absolute atomic E-state index is 0.176. The molecule has 0 aliphatic heterocycles.